The minimum atomic E-state index is 0.830. The smallest absolute Gasteiger partial charge is 0.0326 e. The van der Waals surface area contributed by atoms with Crippen molar-refractivity contribution >= 4 is 50.6 Å². The molecule has 0 radical (unpaired) electrons. The van der Waals surface area contributed by atoms with Crippen molar-refractivity contribution in [1.29, 1.82) is 0 Å². The maximum absolute atomic E-state index is 5.93. The zero-order valence-corrected chi connectivity index (χ0v) is 12.3. The Morgan fingerprint density at radius 1 is 0.800 bits per heavy atom. The van der Waals surface area contributed by atoms with Gasteiger partial charge in [0, 0.05) is 5.69 Å². The molecule has 0 aliphatic carbocycles. The van der Waals surface area contributed by atoms with Crippen LogP contribution in [0.15, 0.2) is 54.6 Å². The largest absolute Gasteiger partial charge is 0.399 e. The predicted molar refractivity (Wildman–Crippen MR) is 94.1 cm³/mol. The summed E-state index contributed by atoms with van der Waals surface area (Å²) >= 11 is 3.79. The Kier molecular flexibility index (Phi) is 3.41. The van der Waals surface area contributed by atoms with E-state index in [1.54, 1.807) is 0 Å². The first-order valence-electron chi connectivity index (χ1n) is 6.78. The van der Waals surface area contributed by atoms with E-state index in [4.69, 9.17) is 5.73 Å². The van der Waals surface area contributed by atoms with E-state index in [1.807, 2.05) is 19.1 Å². The molecule has 2 N–H and O–H groups in total. The number of nitrogens with two attached hydrogens (primary N) is 1. The van der Waals surface area contributed by atoms with Gasteiger partial charge in [-0.3, -0.25) is 0 Å². The van der Waals surface area contributed by atoms with Crippen molar-refractivity contribution in [3.63, 3.8) is 0 Å². The number of hydrogen-bond acceptors (Lipinski definition) is 2. The number of thiol groups is 1. The Labute approximate surface area is 124 Å². The van der Waals surface area contributed by atoms with E-state index in [0.717, 1.165) is 11.4 Å². The Morgan fingerprint density at radius 2 is 1.20 bits per heavy atom. The minimum absolute atomic E-state index is 0.830. The second kappa shape index (κ2) is 5.22. The molecule has 0 saturated heterocycles. The lowest BCUT2D eigenvalue weighted by Crippen LogP contribution is -1.87. The molecule has 4 aromatic carbocycles. The van der Waals surface area contributed by atoms with Gasteiger partial charge < -0.3 is 5.73 Å². The quantitative estimate of drug-likeness (QED) is 0.261. The molecule has 0 aromatic heterocycles. The molecule has 0 unspecified atom stereocenters. The van der Waals surface area contributed by atoms with Crippen molar-refractivity contribution < 1.29 is 0 Å². The molecular formula is C18H17NS. The number of benzene rings is 4. The van der Waals surface area contributed by atoms with E-state index in [2.05, 4.69) is 55.1 Å². The summed E-state index contributed by atoms with van der Waals surface area (Å²) in [5, 5.41) is 7.72. The predicted octanol–water partition coefficient (Wildman–Crippen LogP) is 5.10. The summed E-state index contributed by atoms with van der Waals surface area (Å²) in [6.07, 6.45) is 0. The third-order valence-corrected chi connectivity index (χ3v) is 3.49. The third kappa shape index (κ3) is 2.06. The lowest BCUT2D eigenvalue weighted by molar-refractivity contribution is 1.54. The molecule has 0 amide bonds. The minimum Gasteiger partial charge on any atom is -0.399 e. The Hall–Kier alpha value is -1.93. The Balaban J connectivity index is 0.000000373. The van der Waals surface area contributed by atoms with Crippen LogP contribution in [0.1, 0.15) is 6.92 Å². The number of hydrogen-bond donors (Lipinski definition) is 2. The van der Waals surface area contributed by atoms with Gasteiger partial charge in [-0.2, -0.15) is 12.6 Å². The normalized spacial score (nSPS) is 10.9. The first-order chi connectivity index (χ1) is 9.74. The highest BCUT2D eigenvalue weighted by molar-refractivity contribution is 7.80. The average Bonchev–Trinajstić information content (AvgIpc) is 2.45. The van der Waals surface area contributed by atoms with Crippen LogP contribution in [0.4, 0.5) is 5.69 Å². The highest BCUT2D eigenvalue weighted by atomic mass is 32.1. The van der Waals surface area contributed by atoms with Gasteiger partial charge in [0.15, 0.2) is 0 Å². The fraction of sp³-hybridized carbons (Fsp3) is 0.111. The van der Waals surface area contributed by atoms with Crippen LogP contribution in [0.5, 0.6) is 0 Å². The van der Waals surface area contributed by atoms with Crippen LogP contribution in [0, 0.1) is 0 Å². The monoisotopic (exact) mass is 279 g/mol. The van der Waals surface area contributed by atoms with Crippen LogP contribution in [-0.4, -0.2) is 5.75 Å². The van der Waals surface area contributed by atoms with Crippen molar-refractivity contribution in [2.75, 3.05) is 11.5 Å². The summed E-state index contributed by atoms with van der Waals surface area (Å²) < 4.78 is 0. The van der Waals surface area contributed by atoms with Crippen molar-refractivity contribution in [3.05, 3.63) is 54.6 Å². The SMILES string of the molecule is CCS.Nc1cc2ccc3cccc4ccc(c1)c2c34. The van der Waals surface area contributed by atoms with Gasteiger partial charge in [-0.25, -0.2) is 0 Å². The molecule has 0 bridgehead atoms. The van der Waals surface area contributed by atoms with Crippen molar-refractivity contribution in [2.24, 2.45) is 0 Å². The standard InChI is InChI=1S/C16H11N.C2H6S/c17-14-8-12-6-4-10-2-1-3-11-5-7-13(9-14)16(12)15(10)11;1-2-3/h1-9H,17H2;3H,2H2,1H3. The molecule has 0 heterocycles. The molecule has 20 heavy (non-hydrogen) atoms. The van der Waals surface area contributed by atoms with Crippen molar-refractivity contribution in [2.45, 2.75) is 6.92 Å². The molecule has 1 nitrogen and oxygen atoms in total. The topological polar surface area (TPSA) is 26.0 Å². The van der Waals surface area contributed by atoms with E-state index in [0.29, 0.717) is 0 Å². The average molecular weight is 279 g/mol. The molecule has 4 rings (SSSR count). The maximum atomic E-state index is 5.93. The summed E-state index contributed by atoms with van der Waals surface area (Å²) in [4.78, 5) is 0. The van der Waals surface area contributed by atoms with Gasteiger partial charge >= 0.3 is 0 Å². The third-order valence-electron chi connectivity index (χ3n) is 3.49. The molecule has 4 aromatic rings. The van der Waals surface area contributed by atoms with E-state index < -0.39 is 0 Å². The van der Waals surface area contributed by atoms with E-state index in [1.165, 1.54) is 32.3 Å². The molecule has 100 valence electrons. The summed E-state index contributed by atoms with van der Waals surface area (Å²) in [5.74, 6) is 0.944. The molecule has 0 aliphatic heterocycles. The first kappa shape index (κ1) is 13.1. The Morgan fingerprint density at radius 3 is 1.70 bits per heavy atom. The lowest BCUT2D eigenvalue weighted by atomic mass is 9.94. The van der Waals surface area contributed by atoms with Gasteiger partial charge in [0.05, 0.1) is 0 Å². The molecule has 0 spiro atoms. The molecule has 0 fully saturated rings. The fourth-order valence-corrected chi connectivity index (χ4v) is 2.78. The summed E-state index contributed by atoms with van der Waals surface area (Å²) in [6, 6.07) is 19.2. The molecule has 0 saturated carbocycles. The highest BCUT2D eigenvalue weighted by Gasteiger charge is 2.07. The number of nitrogen functional groups attached to an aromatic ring is 1. The van der Waals surface area contributed by atoms with Crippen molar-refractivity contribution in [1.82, 2.24) is 0 Å². The molecule has 2 heteroatoms. The lowest BCUT2D eigenvalue weighted by Gasteiger charge is -2.10. The van der Waals surface area contributed by atoms with Gasteiger partial charge in [0.25, 0.3) is 0 Å². The van der Waals surface area contributed by atoms with Crippen LogP contribution in [0.25, 0.3) is 32.3 Å². The van der Waals surface area contributed by atoms with E-state index >= 15 is 0 Å². The van der Waals surface area contributed by atoms with Crippen LogP contribution >= 0.6 is 12.6 Å². The van der Waals surface area contributed by atoms with Gasteiger partial charge in [0.1, 0.15) is 0 Å². The number of rotatable bonds is 0. The van der Waals surface area contributed by atoms with Gasteiger partial charge in [-0.1, -0.05) is 49.4 Å². The van der Waals surface area contributed by atoms with Crippen LogP contribution in [0.3, 0.4) is 0 Å². The zero-order chi connectivity index (χ0) is 14.1. The second-order valence-corrected chi connectivity index (χ2v) is 5.50. The number of anilines is 1. The summed E-state index contributed by atoms with van der Waals surface area (Å²) in [5.41, 5.74) is 6.76. The molecule has 0 aliphatic rings. The maximum Gasteiger partial charge on any atom is 0.0326 e. The van der Waals surface area contributed by atoms with Gasteiger partial charge in [0.2, 0.25) is 0 Å². The Bertz CT molecular complexity index is 803. The highest BCUT2D eigenvalue weighted by Crippen LogP contribution is 2.35. The zero-order valence-electron chi connectivity index (χ0n) is 11.4. The van der Waals surface area contributed by atoms with E-state index in [9.17, 15) is 0 Å². The van der Waals surface area contributed by atoms with Crippen molar-refractivity contribution in [3.8, 4) is 0 Å². The van der Waals surface area contributed by atoms with Crippen LogP contribution in [0.2, 0.25) is 0 Å². The molecule has 0 atom stereocenters. The van der Waals surface area contributed by atoms with E-state index in [-0.39, 0.29) is 0 Å². The second-order valence-electron chi connectivity index (χ2n) is 4.87. The van der Waals surface area contributed by atoms with Crippen LogP contribution in [-0.2, 0) is 0 Å². The van der Waals surface area contributed by atoms with Gasteiger partial charge in [-0.15, -0.1) is 0 Å². The summed E-state index contributed by atoms with van der Waals surface area (Å²) in [7, 11) is 0. The summed E-state index contributed by atoms with van der Waals surface area (Å²) in [6.45, 7) is 1.99. The fourth-order valence-electron chi connectivity index (χ4n) is 2.78. The molecular weight excluding hydrogens is 262 g/mol. The van der Waals surface area contributed by atoms with Gasteiger partial charge in [-0.05, 0) is 50.2 Å². The van der Waals surface area contributed by atoms with Crippen LogP contribution < -0.4 is 5.73 Å². The first-order valence-corrected chi connectivity index (χ1v) is 7.41.